The highest BCUT2D eigenvalue weighted by atomic mass is 16.5. The molecule has 7 rings (SSSR count). The van der Waals surface area contributed by atoms with Gasteiger partial charge in [-0.15, -0.1) is 0 Å². The quantitative estimate of drug-likeness (QED) is 0.225. The van der Waals surface area contributed by atoms with Gasteiger partial charge in [0, 0.05) is 74.3 Å². The number of carbonyl (C=O) groups excluding carboxylic acids is 1. The molecule has 46 heavy (non-hydrogen) atoms. The van der Waals surface area contributed by atoms with Gasteiger partial charge in [-0.05, 0) is 98.1 Å². The number of carbonyl (C=O) groups is 2. The fraction of sp³-hybridized carbons (Fsp3) is 0.500. The van der Waals surface area contributed by atoms with Crippen LogP contribution >= 0.6 is 0 Å². The van der Waals surface area contributed by atoms with Gasteiger partial charge in [-0.2, -0.15) is 0 Å². The molecule has 1 aliphatic carbocycles. The first-order valence-electron chi connectivity index (χ1n) is 17.1. The number of aromatic amines is 1. The number of ether oxygens (including phenoxy) is 1. The van der Waals surface area contributed by atoms with Crippen molar-refractivity contribution in [2.24, 2.45) is 11.8 Å². The van der Waals surface area contributed by atoms with Crippen molar-refractivity contribution >= 4 is 33.8 Å². The summed E-state index contributed by atoms with van der Waals surface area (Å²) in [5.74, 6) is 0.530. The molecule has 2 aromatic carbocycles. The highest BCUT2D eigenvalue weighted by Crippen LogP contribution is 2.37. The van der Waals surface area contributed by atoms with Gasteiger partial charge in [-0.1, -0.05) is 36.4 Å². The minimum atomic E-state index is -0.797. The lowest BCUT2D eigenvalue weighted by Gasteiger charge is -2.39. The van der Waals surface area contributed by atoms with Gasteiger partial charge >= 0.3 is 5.97 Å². The number of aryl methyl sites for hydroxylation is 2. The molecule has 8 nitrogen and oxygen atoms in total. The zero-order valence-electron chi connectivity index (χ0n) is 27.2. The molecule has 4 aromatic rings. The SMILES string of the molecule is Cc1nc2[nH]c3cccc(Cc4ccc([C@@H](C(=O)N5CCN(CC6CC6)CC5)C5CCOCC5)cc4)c3c2c(C)c1CCC(=O)O. The van der Waals surface area contributed by atoms with Crippen LogP contribution in [0.3, 0.4) is 0 Å². The molecule has 1 saturated carbocycles. The number of benzene rings is 2. The van der Waals surface area contributed by atoms with E-state index in [0.29, 0.717) is 12.3 Å². The summed E-state index contributed by atoms with van der Waals surface area (Å²) in [4.78, 5) is 38.5. The Kier molecular flexibility index (Phi) is 8.84. The second-order valence-corrected chi connectivity index (χ2v) is 13.8. The average Bonchev–Trinajstić information content (AvgIpc) is 3.79. The summed E-state index contributed by atoms with van der Waals surface area (Å²) in [6, 6.07) is 15.1. The summed E-state index contributed by atoms with van der Waals surface area (Å²) in [6.45, 7) is 10.3. The number of aromatic nitrogens is 2. The highest BCUT2D eigenvalue weighted by Gasteiger charge is 2.36. The second-order valence-electron chi connectivity index (χ2n) is 13.8. The lowest BCUT2D eigenvalue weighted by atomic mass is 9.80. The number of hydrogen-bond acceptors (Lipinski definition) is 5. The second kappa shape index (κ2) is 13.2. The topological polar surface area (TPSA) is 98.8 Å². The fourth-order valence-electron chi connectivity index (χ4n) is 7.90. The van der Waals surface area contributed by atoms with Gasteiger partial charge in [-0.25, -0.2) is 4.98 Å². The normalized spacial score (nSPS) is 18.8. The molecular formula is C38H46N4O4. The molecule has 4 heterocycles. The van der Waals surface area contributed by atoms with Crippen LogP contribution in [0.15, 0.2) is 42.5 Å². The van der Waals surface area contributed by atoms with Gasteiger partial charge in [0.1, 0.15) is 5.65 Å². The lowest BCUT2D eigenvalue weighted by Crippen LogP contribution is -2.51. The number of rotatable bonds is 10. The van der Waals surface area contributed by atoms with Crippen LogP contribution in [-0.2, 0) is 27.2 Å². The van der Waals surface area contributed by atoms with E-state index in [-0.39, 0.29) is 18.2 Å². The molecule has 1 amide bonds. The molecule has 2 N–H and O–H groups in total. The number of nitrogens with zero attached hydrogens (tertiary/aromatic N) is 3. The number of H-pyrrole nitrogens is 1. The Balaban J connectivity index is 1.14. The number of hydrogen-bond donors (Lipinski definition) is 2. The van der Waals surface area contributed by atoms with E-state index < -0.39 is 5.97 Å². The predicted octanol–water partition coefficient (Wildman–Crippen LogP) is 6.01. The van der Waals surface area contributed by atoms with E-state index in [9.17, 15) is 14.7 Å². The molecule has 2 aliphatic heterocycles. The Morgan fingerprint density at radius 1 is 0.978 bits per heavy atom. The molecule has 3 aliphatic rings. The van der Waals surface area contributed by atoms with Crippen LogP contribution in [-0.4, -0.2) is 82.7 Å². The lowest BCUT2D eigenvalue weighted by molar-refractivity contribution is -0.137. The van der Waals surface area contributed by atoms with Crippen LogP contribution in [0.5, 0.6) is 0 Å². The van der Waals surface area contributed by atoms with Crippen molar-refractivity contribution in [1.82, 2.24) is 19.8 Å². The number of carboxylic acids is 1. The van der Waals surface area contributed by atoms with E-state index in [1.807, 2.05) is 6.92 Å². The maximum absolute atomic E-state index is 14.1. The van der Waals surface area contributed by atoms with Crippen LogP contribution in [0, 0.1) is 25.7 Å². The molecule has 0 radical (unpaired) electrons. The van der Waals surface area contributed by atoms with E-state index in [0.717, 1.165) is 109 Å². The van der Waals surface area contributed by atoms with Crippen LogP contribution in [0.2, 0.25) is 0 Å². The fourth-order valence-corrected chi connectivity index (χ4v) is 7.90. The monoisotopic (exact) mass is 622 g/mol. The van der Waals surface area contributed by atoms with Gasteiger partial charge in [-0.3, -0.25) is 14.5 Å². The van der Waals surface area contributed by atoms with E-state index >= 15 is 0 Å². The van der Waals surface area contributed by atoms with Crippen molar-refractivity contribution in [3.8, 4) is 0 Å². The van der Waals surface area contributed by atoms with E-state index in [2.05, 4.69) is 64.2 Å². The van der Waals surface area contributed by atoms with Gasteiger partial charge in [0.05, 0.1) is 5.92 Å². The van der Waals surface area contributed by atoms with Crippen molar-refractivity contribution in [2.75, 3.05) is 45.9 Å². The Labute approximate surface area is 271 Å². The molecule has 242 valence electrons. The predicted molar refractivity (Wildman–Crippen MR) is 180 cm³/mol. The number of piperazine rings is 1. The Morgan fingerprint density at radius 2 is 1.72 bits per heavy atom. The van der Waals surface area contributed by atoms with E-state index in [4.69, 9.17) is 9.72 Å². The molecule has 0 spiro atoms. The maximum atomic E-state index is 14.1. The number of carboxylic acid groups (broad SMARTS) is 1. The van der Waals surface area contributed by atoms with Crippen LogP contribution in [0.4, 0.5) is 0 Å². The molecule has 2 saturated heterocycles. The molecular weight excluding hydrogens is 576 g/mol. The first-order valence-corrected chi connectivity index (χ1v) is 17.1. The number of nitrogens with one attached hydrogen (secondary N) is 1. The zero-order valence-corrected chi connectivity index (χ0v) is 27.2. The van der Waals surface area contributed by atoms with Crippen LogP contribution < -0.4 is 0 Å². The minimum Gasteiger partial charge on any atom is -0.481 e. The summed E-state index contributed by atoms with van der Waals surface area (Å²) >= 11 is 0. The van der Waals surface area contributed by atoms with Crippen molar-refractivity contribution in [2.45, 2.75) is 64.7 Å². The van der Waals surface area contributed by atoms with Crippen molar-refractivity contribution in [3.05, 3.63) is 76.0 Å². The first-order chi connectivity index (χ1) is 22.4. The van der Waals surface area contributed by atoms with Crippen molar-refractivity contribution in [3.63, 3.8) is 0 Å². The smallest absolute Gasteiger partial charge is 0.303 e. The molecule has 0 unspecified atom stereocenters. The summed E-state index contributed by atoms with van der Waals surface area (Å²) in [6.07, 6.45) is 5.88. The summed E-state index contributed by atoms with van der Waals surface area (Å²) in [7, 11) is 0. The van der Waals surface area contributed by atoms with Gasteiger partial charge in [0.15, 0.2) is 0 Å². The summed E-state index contributed by atoms with van der Waals surface area (Å²) < 4.78 is 5.69. The van der Waals surface area contributed by atoms with Gasteiger partial charge < -0.3 is 19.7 Å². The van der Waals surface area contributed by atoms with Crippen LogP contribution in [0.25, 0.3) is 21.9 Å². The minimum absolute atomic E-state index is 0.0877. The maximum Gasteiger partial charge on any atom is 0.303 e. The molecule has 2 aromatic heterocycles. The largest absolute Gasteiger partial charge is 0.481 e. The first kappa shape index (κ1) is 30.9. The third-order valence-corrected chi connectivity index (χ3v) is 10.7. The highest BCUT2D eigenvalue weighted by molar-refractivity contribution is 6.09. The van der Waals surface area contributed by atoms with E-state index in [1.54, 1.807) is 0 Å². The van der Waals surface area contributed by atoms with Crippen LogP contribution in [0.1, 0.15) is 71.5 Å². The summed E-state index contributed by atoms with van der Waals surface area (Å²) in [5, 5.41) is 11.5. The molecule has 3 fully saturated rings. The van der Waals surface area contributed by atoms with Crippen molar-refractivity contribution < 1.29 is 19.4 Å². The number of aliphatic carboxylic acids is 1. The summed E-state index contributed by atoms with van der Waals surface area (Å²) in [5.41, 5.74) is 8.40. The van der Waals surface area contributed by atoms with Gasteiger partial charge in [0.25, 0.3) is 0 Å². The molecule has 8 heteroatoms. The number of amides is 1. The van der Waals surface area contributed by atoms with Gasteiger partial charge in [0.2, 0.25) is 5.91 Å². The number of fused-ring (bicyclic) bond motifs is 3. The zero-order chi connectivity index (χ0) is 31.8. The third-order valence-electron chi connectivity index (χ3n) is 10.7. The molecule has 1 atom stereocenters. The van der Waals surface area contributed by atoms with Crippen molar-refractivity contribution in [1.29, 1.82) is 0 Å². The Morgan fingerprint density at radius 3 is 2.41 bits per heavy atom. The third kappa shape index (κ3) is 6.42. The molecule has 0 bridgehead atoms. The average molecular weight is 623 g/mol. The Bertz CT molecular complexity index is 1730. The Hall–Kier alpha value is -3.75. The number of pyridine rings is 1. The standard InChI is InChI=1S/C38H46N4O4/c1-24-31(12-13-33(43)44)25(2)39-37-34(24)36-30(4-3-5-32(36)40-37)22-26-8-10-28(11-9-26)35(29-14-20-46-21-15-29)38(45)42-18-16-41(17-19-42)23-27-6-7-27/h3-5,8-11,27,29,35H,6-7,12-23H2,1-2H3,(H,39,40)(H,43,44)/t35-/m1/s1. The van der Waals surface area contributed by atoms with E-state index in [1.165, 1.54) is 30.5 Å².